The van der Waals surface area contributed by atoms with Gasteiger partial charge in [0.05, 0.1) is 6.26 Å². The largest absolute Gasteiger partial charge is 0.466 e. The van der Waals surface area contributed by atoms with Gasteiger partial charge in [0.15, 0.2) is 0 Å². The maximum absolute atomic E-state index is 5.05. The molecular formula is C9H9BrO. The van der Waals surface area contributed by atoms with Crippen LogP contribution in [0.4, 0.5) is 0 Å². The second kappa shape index (κ2) is 4.19. The maximum Gasteiger partial charge on any atom is 0.126 e. The van der Waals surface area contributed by atoms with Crippen LogP contribution in [-0.4, -0.2) is 0 Å². The zero-order valence-corrected chi connectivity index (χ0v) is 7.67. The van der Waals surface area contributed by atoms with E-state index in [4.69, 9.17) is 4.74 Å². The highest BCUT2D eigenvalue weighted by molar-refractivity contribution is 9.08. The van der Waals surface area contributed by atoms with Gasteiger partial charge >= 0.3 is 0 Å². The van der Waals surface area contributed by atoms with Crippen LogP contribution in [0.15, 0.2) is 37.1 Å². The van der Waals surface area contributed by atoms with Crippen molar-refractivity contribution < 1.29 is 4.74 Å². The van der Waals surface area contributed by atoms with Gasteiger partial charge in [-0.3, -0.25) is 0 Å². The Kier molecular flexibility index (Phi) is 3.17. The summed E-state index contributed by atoms with van der Waals surface area (Å²) in [5, 5.41) is 0.876. The molecule has 58 valence electrons. The van der Waals surface area contributed by atoms with Gasteiger partial charge in [-0.1, -0.05) is 34.6 Å². The summed E-state index contributed by atoms with van der Waals surface area (Å²) < 4.78 is 5.05. The Labute approximate surface area is 74.8 Å². The highest BCUT2D eigenvalue weighted by atomic mass is 79.9. The zero-order valence-electron chi connectivity index (χ0n) is 6.09. The van der Waals surface area contributed by atoms with E-state index in [0.29, 0.717) is 0 Å². The van der Waals surface area contributed by atoms with Gasteiger partial charge in [0.2, 0.25) is 0 Å². The van der Waals surface area contributed by atoms with Crippen molar-refractivity contribution in [2.24, 2.45) is 0 Å². The predicted molar refractivity (Wildman–Crippen MR) is 49.9 cm³/mol. The molecule has 0 bridgehead atoms. The van der Waals surface area contributed by atoms with Crippen LogP contribution in [-0.2, 0) is 5.33 Å². The molecule has 1 aromatic carbocycles. The van der Waals surface area contributed by atoms with Crippen molar-refractivity contribution in [3.63, 3.8) is 0 Å². The molecule has 0 N–H and O–H groups in total. The fourth-order valence-electron chi connectivity index (χ4n) is 0.753. The van der Waals surface area contributed by atoms with Crippen molar-refractivity contribution in [1.82, 2.24) is 0 Å². The summed E-state index contributed by atoms with van der Waals surface area (Å²) in [5.41, 5.74) is 1.24. The van der Waals surface area contributed by atoms with Crippen molar-refractivity contribution in [2.75, 3.05) is 0 Å². The summed E-state index contributed by atoms with van der Waals surface area (Å²) in [4.78, 5) is 0. The maximum atomic E-state index is 5.05. The summed E-state index contributed by atoms with van der Waals surface area (Å²) in [6.07, 6.45) is 1.42. The minimum atomic E-state index is 0.824. The SMILES string of the molecule is C=COc1ccc(CBr)cc1. The van der Waals surface area contributed by atoms with E-state index in [1.165, 1.54) is 11.8 Å². The number of alkyl halides is 1. The Bertz CT molecular complexity index is 228. The lowest BCUT2D eigenvalue weighted by Crippen LogP contribution is -1.81. The Morgan fingerprint density at radius 1 is 1.36 bits per heavy atom. The molecule has 0 heterocycles. The van der Waals surface area contributed by atoms with Crippen molar-refractivity contribution >= 4 is 15.9 Å². The lowest BCUT2D eigenvalue weighted by atomic mass is 10.2. The highest BCUT2D eigenvalue weighted by Gasteiger charge is 1.90. The molecule has 0 aliphatic heterocycles. The van der Waals surface area contributed by atoms with E-state index in [9.17, 15) is 0 Å². The number of rotatable bonds is 3. The summed E-state index contributed by atoms with van der Waals surface area (Å²) in [6.45, 7) is 3.47. The molecule has 0 aliphatic carbocycles. The van der Waals surface area contributed by atoms with Crippen LogP contribution < -0.4 is 4.74 Å². The fraction of sp³-hybridized carbons (Fsp3) is 0.111. The Hall–Kier alpha value is -0.760. The molecule has 0 spiro atoms. The van der Waals surface area contributed by atoms with Crippen molar-refractivity contribution in [1.29, 1.82) is 0 Å². The summed E-state index contributed by atoms with van der Waals surface area (Å²) in [6, 6.07) is 7.84. The van der Waals surface area contributed by atoms with Gasteiger partial charge < -0.3 is 4.74 Å². The molecule has 1 rings (SSSR count). The molecule has 0 atom stereocenters. The zero-order chi connectivity index (χ0) is 8.10. The van der Waals surface area contributed by atoms with E-state index in [-0.39, 0.29) is 0 Å². The molecule has 1 aromatic rings. The van der Waals surface area contributed by atoms with Crippen LogP contribution >= 0.6 is 15.9 Å². The third kappa shape index (κ3) is 2.39. The van der Waals surface area contributed by atoms with Crippen LogP contribution in [0, 0.1) is 0 Å². The normalized spacial score (nSPS) is 9.18. The van der Waals surface area contributed by atoms with Gasteiger partial charge in [-0.15, -0.1) is 0 Å². The average molecular weight is 213 g/mol. The van der Waals surface area contributed by atoms with Gasteiger partial charge in [-0.25, -0.2) is 0 Å². The van der Waals surface area contributed by atoms with Gasteiger partial charge in [0.25, 0.3) is 0 Å². The molecule has 1 nitrogen and oxygen atoms in total. The number of hydrogen-bond donors (Lipinski definition) is 0. The molecule has 0 radical (unpaired) electrons. The van der Waals surface area contributed by atoms with Gasteiger partial charge in [-0.05, 0) is 17.7 Å². The molecule has 0 unspecified atom stereocenters. The van der Waals surface area contributed by atoms with Crippen LogP contribution in [0.3, 0.4) is 0 Å². The molecule has 2 heteroatoms. The summed E-state index contributed by atoms with van der Waals surface area (Å²) in [5.74, 6) is 0.824. The standard InChI is InChI=1S/C9H9BrO/c1-2-11-9-5-3-8(7-10)4-6-9/h2-6H,1,7H2. The number of hydrogen-bond acceptors (Lipinski definition) is 1. The van der Waals surface area contributed by atoms with Crippen molar-refractivity contribution in [2.45, 2.75) is 5.33 Å². The molecule has 11 heavy (non-hydrogen) atoms. The number of ether oxygens (including phenoxy) is 1. The first-order valence-corrected chi connectivity index (χ1v) is 4.41. The van der Waals surface area contributed by atoms with Gasteiger partial charge in [-0.2, -0.15) is 0 Å². The van der Waals surface area contributed by atoms with Crippen molar-refractivity contribution in [3.05, 3.63) is 42.7 Å². The Morgan fingerprint density at radius 2 is 2.00 bits per heavy atom. The van der Waals surface area contributed by atoms with Crippen LogP contribution in [0.1, 0.15) is 5.56 Å². The summed E-state index contributed by atoms with van der Waals surface area (Å²) in [7, 11) is 0. The highest BCUT2D eigenvalue weighted by Crippen LogP contribution is 2.13. The molecule has 0 saturated heterocycles. The first kappa shape index (κ1) is 8.34. The van der Waals surface area contributed by atoms with Crippen molar-refractivity contribution in [3.8, 4) is 5.75 Å². The first-order valence-electron chi connectivity index (χ1n) is 3.29. The minimum Gasteiger partial charge on any atom is -0.466 e. The second-order valence-electron chi connectivity index (χ2n) is 2.06. The molecule has 0 saturated carbocycles. The van der Waals surface area contributed by atoms with E-state index in [0.717, 1.165) is 11.1 Å². The molecule has 0 aromatic heterocycles. The lowest BCUT2D eigenvalue weighted by molar-refractivity contribution is 0.483. The van der Waals surface area contributed by atoms with E-state index >= 15 is 0 Å². The second-order valence-corrected chi connectivity index (χ2v) is 2.62. The minimum absolute atomic E-state index is 0.824. The lowest BCUT2D eigenvalue weighted by Gasteiger charge is -1.99. The smallest absolute Gasteiger partial charge is 0.126 e. The molecule has 0 fully saturated rings. The van der Waals surface area contributed by atoms with E-state index < -0.39 is 0 Å². The molecule has 0 amide bonds. The van der Waals surface area contributed by atoms with E-state index in [2.05, 4.69) is 22.5 Å². The molecule has 0 aliphatic rings. The Morgan fingerprint density at radius 3 is 2.45 bits per heavy atom. The first-order chi connectivity index (χ1) is 5.36. The van der Waals surface area contributed by atoms with Gasteiger partial charge in [0.1, 0.15) is 5.75 Å². The van der Waals surface area contributed by atoms with E-state index in [1.807, 2.05) is 24.3 Å². The van der Waals surface area contributed by atoms with E-state index in [1.54, 1.807) is 0 Å². The topological polar surface area (TPSA) is 9.23 Å². The predicted octanol–water partition coefficient (Wildman–Crippen LogP) is 3.10. The fourth-order valence-corrected chi connectivity index (χ4v) is 1.13. The quantitative estimate of drug-likeness (QED) is 0.553. The number of benzene rings is 1. The summed E-state index contributed by atoms with van der Waals surface area (Å²) >= 11 is 3.36. The number of halogens is 1. The van der Waals surface area contributed by atoms with Crippen LogP contribution in [0.2, 0.25) is 0 Å². The average Bonchev–Trinajstić information content (AvgIpc) is 2.07. The van der Waals surface area contributed by atoms with Crippen LogP contribution in [0.25, 0.3) is 0 Å². The third-order valence-corrected chi connectivity index (χ3v) is 1.94. The van der Waals surface area contributed by atoms with Gasteiger partial charge in [0, 0.05) is 5.33 Å². The third-order valence-electron chi connectivity index (χ3n) is 1.30. The monoisotopic (exact) mass is 212 g/mol. The Balaban J connectivity index is 2.74. The van der Waals surface area contributed by atoms with Crippen LogP contribution in [0.5, 0.6) is 5.75 Å². The molecular weight excluding hydrogens is 204 g/mol.